The van der Waals surface area contributed by atoms with Gasteiger partial charge in [-0.05, 0) is 6.07 Å². The first-order valence-electron chi connectivity index (χ1n) is 6.03. The maximum absolute atomic E-state index is 12.3. The SMILES string of the molecule is NC(=O)O[C@@H](CCF)CNS(=O)(=O)c1ccccc1[N+](=O)[O-]. The molecule has 0 aliphatic rings. The van der Waals surface area contributed by atoms with Crippen LogP contribution in [0.1, 0.15) is 6.42 Å². The highest BCUT2D eigenvalue weighted by Crippen LogP contribution is 2.22. The summed E-state index contributed by atoms with van der Waals surface area (Å²) in [4.78, 5) is 20.1. The van der Waals surface area contributed by atoms with E-state index >= 15 is 0 Å². The van der Waals surface area contributed by atoms with E-state index in [1.165, 1.54) is 12.1 Å². The topological polar surface area (TPSA) is 142 Å². The largest absolute Gasteiger partial charge is 0.445 e. The zero-order valence-electron chi connectivity index (χ0n) is 11.3. The van der Waals surface area contributed by atoms with Gasteiger partial charge in [0.2, 0.25) is 10.0 Å². The second-order valence-electron chi connectivity index (χ2n) is 4.11. The standard InChI is InChI=1S/C11H14FN3O6S/c12-6-5-8(21-11(13)16)7-14-22(19,20)10-4-2-1-3-9(10)15(17)18/h1-4,8,14H,5-7H2,(H2,13,16)/t8-/m0/s1. The van der Waals surface area contributed by atoms with Crippen LogP contribution in [0, 0.1) is 10.1 Å². The third kappa shape index (κ3) is 4.93. The number of nitro benzene ring substituents is 1. The quantitative estimate of drug-likeness (QED) is 0.529. The summed E-state index contributed by atoms with van der Waals surface area (Å²) >= 11 is 0. The molecule has 1 amide bonds. The molecule has 0 spiro atoms. The number of nitrogens with one attached hydrogen (secondary N) is 1. The fourth-order valence-corrected chi connectivity index (χ4v) is 2.84. The van der Waals surface area contributed by atoms with Gasteiger partial charge in [-0.2, -0.15) is 0 Å². The van der Waals surface area contributed by atoms with Gasteiger partial charge in [-0.3, -0.25) is 14.5 Å². The molecule has 0 bridgehead atoms. The number of carbonyl (C=O) groups is 1. The third-order valence-corrected chi connectivity index (χ3v) is 4.04. The monoisotopic (exact) mass is 335 g/mol. The Morgan fingerprint density at radius 1 is 1.45 bits per heavy atom. The number of carbonyl (C=O) groups excluding carboxylic acids is 1. The molecular formula is C11H14FN3O6S. The first kappa shape index (κ1) is 17.8. The summed E-state index contributed by atoms with van der Waals surface area (Å²) < 4.78 is 43.0. The van der Waals surface area contributed by atoms with Crippen LogP contribution in [0.2, 0.25) is 0 Å². The molecule has 0 aliphatic heterocycles. The molecule has 1 rings (SSSR count). The number of primary amides is 1. The van der Waals surface area contributed by atoms with E-state index in [2.05, 4.69) is 4.74 Å². The molecule has 0 saturated carbocycles. The number of para-hydroxylation sites is 1. The summed E-state index contributed by atoms with van der Waals surface area (Å²) in [6.45, 7) is -1.31. The van der Waals surface area contributed by atoms with Crippen molar-refractivity contribution in [2.75, 3.05) is 13.2 Å². The molecule has 9 nitrogen and oxygen atoms in total. The number of hydrogen-bond acceptors (Lipinski definition) is 6. The van der Waals surface area contributed by atoms with Crippen molar-refractivity contribution in [2.24, 2.45) is 5.73 Å². The molecule has 122 valence electrons. The van der Waals surface area contributed by atoms with Gasteiger partial charge in [-0.1, -0.05) is 12.1 Å². The first-order valence-corrected chi connectivity index (χ1v) is 7.51. The van der Waals surface area contributed by atoms with Gasteiger partial charge in [0.1, 0.15) is 6.10 Å². The lowest BCUT2D eigenvalue weighted by Crippen LogP contribution is -2.36. The number of rotatable bonds is 8. The van der Waals surface area contributed by atoms with Crippen LogP contribution < -0.4 is 10.5 Å². The number of nitro groups is 1. The minimum atomic E-state index is -4.23. The van der Waals surface area contributed by atoms with Gasteiger partial charge in [0.05, 0.1) is 11.6 Å². The second kappa shape index (κ2) is 7.66. The third-order valence-electron chi connectivity index (χ3n) is 2.57. The lowest BCUT2D eigenvalue weighted by atomic mass is 10.3. The van der Waals surface area contributed by atoms with Crippen molar-refractivity contribution in [3.8, 4) is 0 Å². The predicted molar refractivity (Wildman–Crippen MR) is 73.3 cm³/mol. The smallest absolute Gasteiger partial charge is 0.404 e. The van der Waals surface area contributed by atoms with Crippen LogP contribution in [0.4, 0.5) is 14.9 Å². The van der Waals surface area contributed by atoms with Crippen LogP contribution in [-0.2, 0) is 14.8 Å². The van der Waals surface area contributed by atoms with E-state index in [1.54, 1.807) is 0 Å². The number of sulfonamides is 1. The molecule has 0 radical (unpaired) electrons. The van der Waals surface area contributed by atoms with E-state index in [0.29, 0.717) is 0 Å². The number of benzene rings is 1. The molecule has 1 aromatic carbocycles. The highest BCUT2D eigenvalue weighted by Gasteiger charge is 2.26. The van der Waals surface area contributed by atoms with Gasteiger partial charge < -0.3 is 10.5 Å². The summed E-state index contributed by atoms with van der Waals surface area (Å²) in [7, 11) is -4.23. The Morgan fingerprint density at radius 3 is 2.64 bits per heavy atom. The van der Waals surface area contributed by atoms with Crippen molar-refractivity contribution in [3.05, 3.63) is 34.4 Å². The van der Waals surface area contributed by atoms with Crippen molar-refractivity contribution >= 4 is 21.8 Å². The van der Waals surface area contributed by atoms with Crippen molar-refractivity contribution in [3.63, 3.8) is 0 Å². The Labute approximate surface area is 125 Å². The molecule has 0 aliphatic carbocycles. The van der Waals surface area contributed by atoms with E-state index in [-0.39, 0.29) is 6.42 Å². The summed E-state index contributed by atoms with van der Waals surface area (Å²) in [5.74, 6) is 0. The minimum Gasteiger partial charge on any atom is -0.445 e. The van der Waals surface area contributed by atoms with Gasteiger partial charge in [0, 0.05) is 19.0 Å². The fraction of sp³-hybridized carbons (Fsp3) is 0.364. The van der Waals surface area contributed by atoms with Gasteiger partial charge in [-0.25, -0.2) is 17.9 Å². The van der Waals surface area contributed by atoms with Gasteiger partial charge in [-0.15, -0.1) is 0 Å². The fourth-order valence-electron chi connectivity index (χ4n) is 1.60. The molecule has 11 heteroatoms. The Hall–Kier alpha value is -2.27. The Bertz CT molecular complexity index is 651. The molecule has 0 saturated heterocycles. The molecular weight excluding hydrogens is 321 g/mol. The molecule has 1 atom stereocenters. The number of nitrogens with zero attached hydrogens (tertiary/aromatic N) is 1. The highest BCUT2D eigenvalue weighted by atomic mass is 32.2. The maximum Gasteiger partial charge on any atom is 0.404 e. The van der Waals surface area contributed by atoms with Gasteiger partial charge in [0.15, 0.2) is 4.90 Å². The lowest BCUT2D eigenvalue weighted by Gasteiger charge is -2.16. The van der Waals surface area contributed by atoms with Crippen LogP contribution in [0.5, 0.6) is 0 Å². The van der Waals surface area contributed by atoms with Crippen LogP contribution in [0.3, 0.4) is 0 Å². The molecule has 1 aromatic rings. The number of alkyl halides is 1. The van der Waals surface area contributed by atoms with Crippen molar-refractivity contribution in [1.82, 2.24) is 4.72 Å². The Morgan fingerprint density at radius 2 is 2.09 bits per heavy atom. The number of amides is 1. The Balaban J connectivity index is 2.91. The van der Waals surface area contributed by atoms with Gasteiger partial charge >= 0.3 is 6.09 Å². The van der Waals surface area contributed by atoms with E-state index in [0.717, 1.165) is 12.1 Å². The van der Waals surface area contributed by atoms with Crippen LogP contribution in [-0.4, -0.2) is 38.8 Å². The molecule has 3 N–H and O–H groups in total. The zero-order chi connectivity index (χ0) is 16.8. The molecule has 0 unspecified atom stereocenters. The van der Waals surface area contributed by atoms with Gasteiger partial charge in [0.25, 0.3) is 5.69 Å². The molecule has 0 heterocycles. The average molecular weight is 335 g/mol. The van der Waals surface area contributed by atoms with Crippen LogP contribution >= 0.6 is 0 Å². The van der Waals surface area contributed by atoms with Crippen molar-refractivity contribution < 1.29 is 27.3 Å². The van der Waals surface area contributed by atoms with E-state index in [1.807, 2.05) is 4.72 Å². The second-order valence-corrected chi connectivity index (χ2v) is 5.85. The van der Waals surface area contributed by atoms with E-state index in [9.17, 15) is 27.7 Å². The first-order chi connectivity index (χ1) is 10.3. The summed E-state index contributed by atoms with van der Waals surface area (Å²) in [5.41, 5.74) is 4.18. The zero-order valence-corrected chi connectivity index (χ0v) is 12.1. The minimum absolute atomic E-state index is 0.262. The normalized spacial score (nSPS) is 12.6. The number of halogens is 1. The van der Waals surface area contributed by atoms with Crippen LogP contribution in [0.15, 0.2) is 29.2 Å². The van der Waals surface area contributed by atoms with Crippen molar-refractivity contribution in [1.29, 1.82) is 0 Å². The number of hydrogen-bond donors (Lipinski definition) is 2. The summed E-state index contributed by atoms with van der Waals surface area (Å²) in [6, 6.07) is 4.73. The number of ether oxygens (including phenoxy) is 1. The molecule has 0 fully saturated rings. The average Bonchev–Trinajstić information content (AvgIpc) is 2.44. The Kier molecular flexibility index (Phi) is 6.19. The predicted octanol–water partition coefficient (Wildman–Crippen LogP) is 0.697. The molecule has 0 aromatic heterocycles. The maximum atomic E-state index is 12.3. The summed E-state index contributed by atoms with van der Waals surface area (Å²) in [6.07, 6.45) is -2.55. The highest BCUT2D eigenvalue weighted by molar-refractivity contribution is 7.89. The summed E-state index contributed by atoms with van der Waals surface area (Å²) in [5, 5.41) is 10.8. The van der Waals surface area contributed by atoms with Crippen molar-refractivity contribution in [2.45, 2.75) is 17.4 Å². The lowest BCUT2D eigenvalue weighted by molar-refractivity contribution is -0.387. The molecule has 22 heavy (non-hydrogen) atoms. The van der Waals surface area contributed by atoms with E-state index < -0.39 is 50.9 Å². The van der Waals surface area contributed by atoms with Crippen LogP contribution in [0.25, 0.3) is 0 Å². The van der Waals surface area contributed by atoms with E-state index in [4.69, 9.17) is 5.73 Å². The number of nitrogens with two attached hydrogens (primary N) is 1.